The molecule has 0 unspecified atom stereocenters. The minimum atomic E-state index is -4.50. The monoisotopic (exact) mass is 328 g/mol. The number of piperidine rings is 1. The average molecular weight is 328 g/mol. The molecule has 2 aromatic rings. The third-order valence-electron chi connectivity index (χ3n) is 3.80. The third kappa shape index (κ3) is 3.15. The van der Waals surface area contributed by atoms with Gasteiger partial charge in [-0.2, -0.15) is 18.3 Å². The van der Waals surface area contributed by atoms with Crippen molar-refractivity contribution in [3.8, 4) is 0 Å². The molecule has 0 bridgehead atoms. The Balaban J connectivity index is 1.83. The summed E-state index contributed by atoms with van der Waals surface area (Å²) in [6.07, 6.45) is -0.404. The Bertz CT molecular complexity index is 720. The number of alkyl halides is 3. The number of nitrogens with two attached hydrogens (primary N) is 1. The molecule has 0 aliphatic carbocycles. The molecule has 0 spiro atoms. The maximum Gasteiger partial charge on any atom is 0.435 e. The SMILES string of the molecule is NC(=O)NC1CCN(c2nccn3nc(C(F)(F)F)cc23)CC1. The van der Waals surface area contributed by atoms with Gasteiger partial charge in [-0.3, -0.25) is 0 Å². The summed E-state index contributed by atoms with van der Waals surface area (Å²) >= 11 is 0. The summed E-state index contributed by atoms with van der Waals surface area (Å²) in [7, 11) is 0. The number of carbonyl (C=O) groups is 1. The molecule has 0 saturated carbocycles. The molecule has 1 fully saturated rings. The molecular weight excluding hydrogens is 313 g/mol. The number of nitrogens with zero attached hydrogens (tertiary/aromatic N) is 4. The summed E-state index contributed by atoms with van der Waals surface area (Å²) < 4.78 is 39.6. The van der Waals surface area contributed by atoms with Gasteiger partial charge >= 0.3 is 12.2 Å². The largest absolute Gasteiger partial charge is 0.435 e. The standard InChI is InChI=1S/C13H15F3N6O/c14-13(15,16)10-7-9-11(18-3-6-22(9)20-10)21-4-1-8(2-5-21)19-12(17)23/h3,6-8H,1-2,4-5H2,(H3,17,19,23). The molecule has 0 atom stereocenters. The van der Waals surface area contributed by atoms with E-state index in [9.17, 15) is 18.0 Å². The predicted octanol–water partition coefficient (Wildman–Crippen LogP) is 1.39. The quantitative estimate of drug-likeness (QED) is 0.872. The van der Waals surface area contributed by atoms with E-state index < -0.39 is 17.9 Å². The number of primary amides is 1. The Morgan fingerprint density at radius 1 is 1.35 bits per heavy atom. The van der Waals surface area contributed by atoms with Crippen LogP contribution in [0.25, 0.3) is 5.52 Å². The number of urea groups is 1. The Kier molecular flexibility index (Phi) is 3.74. The molecule has 1 aliphatic heterocycles. The van der Waals surface area contributed by atoms with Gasteiger partial charge in [0, 0.05) is 37.6 Å². The highest BCUT2D eigenvalue weighted by atomic mass is 19.4. The van der Waals surface area contributed by atoms with Crippen LogP contribution in [0, 0.1) is 0 Å². The second-order valence-corrected chi connectivity index (χ2v) is 5.38. The van der Waals surface area contributed by atoms with E-state index >= 15 is 0 Å². The molecular formula is C13H15F3N6O. The number of rotatable bonds is 2. The van der Waals surface area contributed by atoms with Crippen molar-refractivity contribution in [3.05, 3.63) is 24.2 Å². The number of amides is 2. The average Bonchev–Trinajstić information content (AvgIpc) is 2.91. The van der Waals surface area contributed by atoms with Gasteiger partial charge in [-0.15, -0.1) is 0 Å². The molecule has 3 heterocycles. The molecule has 1 aliphatic rings. The maximum absolute atomic E-state index is 12.8. The first-order valence-corrected chi connectivity index (χ1v) is 7.07. The van der Waals surface area contributed by atoms with Gasteiger partial charge in [-0.25, -0.2) is 14.3 Å². The molecule has 0 radical (unpaired) electrons. The van der Waals surface area contributed by atoms with Gasteiger partial charge in [-0.05, 0) is 12.8 Å². The van der Waals surface area contributed by atoms with Crippen LogP contribution in [0.5, 0.6) is 0 Å². The highest BCUT2D eigenvalue weighted by Crippen LogP contribution is 2.31. The van der Waals surface area contributed by atoms with Crippen LogP contribution < -0.4 is 16.0 Å². The lowest BCUT2D eigenvalue weighted by Crippen LogP contribution is -2.46. The molecule has 7 nitrogen and oxygen atoms in total. The number of anilines is 1. The molecule has 0 aromatic carbocycles. The highest BCUT2D eigenvalue weighted by molar-refractivity contribution is 5.72. The number of nitrogens with one attached hydrogen (secondary N) is 1. The lowest BCUT2D eigenvalue weighted by Gasteiger charge is -2.33. The first-order chi connectivity index (χ1) is 10.8. The van der Waals surface area contributed by atoms with Crippen molar-refractivity contribution in [3.63, 3.8) is 0 Å². The van der Waals surface area contributed by atoms with Crippen molar-refractivity contribution in [2.45, 2.75) is 25.1 Å². The van der Waals surface area contributed by atoms with Crippen LogP contribution in [0.4, 0.5) is 23.8 Å². The minimum Gasteiger partial charge on any atom is -0.355 e. The first-order valence-electron chi connectivity index (χ1n) is 7.07. The summed E-state index contributed by atoms with van der Waals surface area (Å²) in [5.74, 6) is 0.452. The summed E-state index contributed by atoms with van der Waals surface area (Å²) in [4.78, 5) is 16.9. The highest BCUT2D eigenvalue weighted by Gasteiger charge is 2.35. The van der Waals surface area contributed by atoms with E-state index in [0.29, 0.717) is 37.3 Å². The van der Waals surface area contributed by atoms with Gasteiger partial charge in [0.1, 0.15) is 5.52 Å². The van der Waals surface area contributed by atoms with Crippen molar-refractivity contribution in [1.82, 2.24) is 19.9 Å². The van der Waals surface area contributed by atoms with Gasteiger partial charge in [-0.1, -0.05) is 0 Å². The van der Waals surface area contributed by atoms with E-state index in [1.54, 1.807) is 0 Å². The van der Waals surface area contributed by atoms with E-state index in [1.807, 2.05) is 4.90 Å². The van der Waals surface area contributed by atoms with Crippen molar-refractivity contribution in [2.75, 3.05) is 18.0 Å². The minimum absolute atomic E-state index is 0.0286. The smallest absolute Gasteiger partial charge is 0.355 e. The second-order valence-electron chi connectivity index (χ2n) is 5.38. The zero-order chi connectivity index (χ0) is 16.6. The Morgan fingerprint density at radius 2 is 2.04 bits per heavy atom. The van der Waals surface area contributed by atoms with E-state index in [2.05, 4.69) is 15.4 Å². The van der Waals surface area contributed by atoms with Crippen LogP contribution in [-0.4, -0.2) is 39.8 Å². The molecule has 2 aromatic heterocycles. The lowest BCUT2D eigenvalue weighted by molar-refractivity contribution is -0.141. The number of hydrogen-bond acceptors (Lipinski definition) is 4. The van der Waals surface area contributed by atoms with Crippen LogP contribution in [0.15, 0.2) is 18.5 Å². The Hall–Kier alpha value is -2.52. The topological polar surface area (TPSA) is 88.5 Å². The number of fused-ring (bicyclic) bond motifs is 1. The van der Waals surface area contributed by atoms with Crippen molar-refractivity contribution < 1.29 is 18.0 Å². The molecule has 10 heteroatoms. The van der Waals surface area contributed by atoms with Crippen LogP contribution >= 0.6 is 0 Å². The molecule has 23 heavy (non-hydrogen) atoms. The first kappa shape index (κ1) is 15.4. The predicted molar refractivity (Wildman–Crippen MR) is 75.9 cm³/mol. The molecule has 3 rings (SSSR count). The van der Waals surface area contributed by atoms with Crippen LogP contribution in [0.1, 0.15) is 18.5 Å². The lowest BCUT2D eigenvalue weighted by atomic mass is 10.1. The fraction of sp³-hybridized carbons (Fsp3) is 0.462. The zero-order valence-electron chi connectivity index (χ0n) is 12.0. The number of halogens is 3. The molecule has 1 saturated heterocycles. The molecule has 3 N–H and O–H groups in total. The third-order valence-corrected chi connectivity index (χ3v) is 3.80. The van der Waals surface area contributed by atoms with Crippen LogP contribution in [-0.2, 0) is 6.18 Å². The van der Waals surface area contributed by atoms with Crippen molar-refractivity contribution in [1.29, 1.82) is 0 Å². The maximum atomic E-state index is 12.8. The van der Waals surface area contributed by atoms with Crippen molar-refractivity contribution in [2.24, 2.45) is 5.73 Å². The molecule has 124 valence electrons. The van der Waals surface area contributed by atoms with Crippen LogP contribution in [0.2, 0.25) is 0 Å². The van der Waals surface area contributed by atoms with Gasteiger partial charge in [0.15, 0.2) is 11.5 Å². The second kappa shape index (κ2) is 5.60. The van der Waals surface area contributed by atoms with Gasteiger partial charge in [0.2, 0.25) is 0 Å². The van der Waals surface area contributed by atoms with E-state index in [0.717, 1.165) is 6.07 Å². The Morgan fingerprint density at radius 3 is 2.65 bits per heavy atom. The van der Waals surface area contributed by atoms with Crippen molar-refractivity contribution >= 4 is 17.4 Å². The zero-order valence-corrected chi connectivity index (χ0v) is 12.0. The number of carbonyl (C=O) groups excluding carboxylic acids is 1. The van der Waals surface area contributed by atoms with Gasteiger partial charge < -0.3 is 16.0 Å². The van der Waals surface area contributed by atoms with E-state index in [4.69, 9.17) is 5.73 Å². The fourth-order valence-electron chi connectivity index (χ4n) is 2.73. The Labute approximate surface area is 129 Å². The van der Waals surface area contributed by atoms with Gasteiger partial charge in [0.25, 0.3) is 0 Å². The molecule has 2 amide bonds. The van der Waals surface area contributed by atoms with Crippen LogP contribution in [0.3, 0.4) is 0 Å². The van der Waals surface area contributed by atoms with E-state index in [1.165, 1.54) is 16.9 Å². The van der Waals surface area contributed by atoms with E-state index in [-0.39, 0.29) is 6.04 Å². The summed E-state index contributed by atoms with van der Waals surface area (Å²) in [6.45, 7) is 1.12. The normalized spacial score (nSPS) is 16.7. The summed E-state index contributed by atoms with van der Waals surface area (Å²) in [6, 6.07) is 0.393. The summed E-state index contributed by atoms with van der Waals surface area (Å²) in [5.41, 5.74) is 4.45. The van der Waals surface area contributed by atoms with Gasteiger partial charge in [0.05, 0.1) is 0 Å². The number of aromatic nitrogens is 3. The summed E-state index contributed by atoms with van der Waals surface area (Å²) in [5, 5.41) is 6.19. The fourth-order valence-corrected chi connectivity index (χ4v) is 2.73. The number of hydrogen-bond donors (Lipinski definition) is 2.